The normalized spacial score (nSPS) is 20.1. The second-order valence-electron chi connectivity index (χ2n) is 7.78. The molecule has 2 heterocycles. The molecular formula is C23H25ClN2O4. The van der Waals surface area contributed by atoms with Crippen LogP contribution < -0.4 is 14.4 Å². The molecule has 2 bridgehead atoms. The van der Waals surface area contributed by atoms with Crippen LogP contribution in [0.25, 0.3) is 0 Å². The molecule has 0 spiro atoms. The number of hydrogen-bond acceptors (Lipinski definition) is 4. The molecule has 6 nitrogen and oxygen atoms in total. The van der Waals surface area contributed by atoms with Gasteiger partial charge >= 0.3 is 0 Å². The first-order chi connectivity index (χ1) is 14.4. The van der Waals surface area contributed by atoms with Crippen molar-refractivity contribution in [3.63, 3.8) is 0 Å². The number of halogens is 1. The molecular weight excluding hydrogens is 404 g/mol. The zero-order valence-electron chi connectivity index (χ0n) is 17.4. The van der Waals surface area contributed by atoms with E-state index in [0.717, 1.165) is 22.6 Å². The number of carbonyl (C=O) groups is 2. The van der Waals surface area contributed by atoms with E-state index in [1.165, 1.54) is 0 Å². The van der Waals surface area contributed by atoms with Crippen molar-refractivity contribution in [3.8, 4) is 11.5 Å². The van der Waals surface area contributed by atoms with Crippen LogP contribution in [0.2, 0.25) is 5.02 Å². The highest BCUT2D eigenvalue weighted by molar-refractivity contribution is 6.31. The Labute approximate surface area is 181 Å². The molecule has 2 aromatic rings. The average molecular weight is 429 g/mol. The number of rotatable bonds is 6. The zero-order valence-corrected chi connectivity index (χ0v) is 18.1. The van der Waals surface area contributed by atoms with Gasteiger partial charge < -0.3 is 19.3 Å². The molecule has 0 aromatic heterocycles. The van der Waals surface area contributed by atoms with Crippen molar-refractivity contribution in [2.75, 3.05) is 25.7 Å². The van der Waals surface area contributed by atoms with Crippen LogP contribution in [0.3, 0.4) is 0 Å². The smallest absolute Gasteiger partial charge is 0.250 e. The number of piperazine rings is 1. The van der Waals surface area contributed by atoms with Gasteiger partial charge in [0.25, 0.3) is 0 Å². The molecule has 2 aliphatic rings. The predicted octanol–water partition coefficient (Wildman–Crippen LogP) is 3.61. The van der Waals surface area contributed by atoms with Crippen LogP contribution in [0.1, 0.15) is 24.0 Å². The van der Waals surface area contributed by atoms with E-state index in [1.807, 2.05) is 37.3 Å². The number of amides is 2. The third-order valence-electron chi connectivity index (χ3n) is 5.97. The Morgan fingerprint density at radius 3 is 2.70 bits per heavy atom. The SMILES string of the molecule is COc1cccc(CCC(=O)N2C[C@@H]3C[C@H]2C(=O)N3c2cc(C)c(Cl)cc2OC)c1. The van der Waals surface area contributed by atoms with Gasteiger partial charge in [0.05, 0.1) is 25.9 Å². The number of aryl methyl sites for hydroxylation is 2. The van der Waals surface area contributed by atoms with Gasteiger partial charge in [-0.3, -0.25) is 9.59 Å². The summed E-state index contributed by atoms with van der Waals surface area (Å²) in [5, 5.41) is 0.599. The van der Waals surface area contributed by atoms with Gasteiger partial charge in [0.1, 0.15) is 17.5 Å². The summed E-state index contributed by atoms with van der Waals surface area (Å²) in [6, 6.07) is 10.9. The van der Waals surface area contributed by atoms with Crippen LogP contribution in [-0.2, 0) is 16.0 Å². The second kappa shape index (κ2) is 8.19. The number of fused-ring (bicyclic) bond motifs is 2. The highest BCUT2D eigenvalue weighted by Gasteiger charge is 2.52. The van der Waals surface area contributed by atoms with Crippen LogP contribution in [0, 0.1) is 6.92 Å². The van der Waals surface area contributed by atoms with Crippen molar-refractivity contribution >= 4 is 29.1 Å². The summed E-state index contributed by atoms with van der Waals surface area (Å²) in [6.45, 7) is 2.44. The third-order valence-corrected chi connectivity index (χ3v) is 6.38. The Morgan fingerprint density at radius 2 is 2.00 bits per heavy atom. The van der Waals surface area contributed by atoms with Crippen molar-refractivity contribution < 1.29 is 19.1 Å². The van der Waals surface area contributed by atoms with Crippen LogP contribution in [0.4, 0.5) is 5.69 Å². The molecule has 158 valence electrons. The standard InChI is InChI=1S/C23H25ClN2O4/c1-14-9-19(21(30-3)12-18(14)24)26-16-11-20(23(26)28)25(13-16)22(27)8-7-15-5-4-6-17(10-15)29-2/h4-6,9-10,12,16,20H,7-8,11,13H2,1-3H3/t16-,20-/m0/s1. The lowest BCUT2D eigenvalue weighted by Gasteiger charge is -2.34. The Bertz CT molecular complexity index is 993. The lowest BCUT2D eigenvalue weighted by atomic mass is 10.1. The fraction of sp³-hybridized carbons (Fsp3) is 0.391. The number of carbonyl (C=O) groups excluding carboxylic acids is 2. The Hall–Kier alpha value is -2.73. The van der Waals surface area contributed by atoms with Crippen LogP contribution in [0.15, 0.2) is 36.4 Å². The van der Waals surface area contributed by atoms with E-state index in [2.05, 4.69) is 0 Å². The molecule has 0 aliphatic carbocycles. The van der Waals surface area contributed by atoms with Crippen LogP contribution in [-0.4, -0.2) is 49.6 Å². The monoisotopic (exact) mass is 428 g/mol. The molecule has 2 fully saturated rings. The average Bonchev–Trinajstić information content (AvgIpc) is 3.32. The summed E-state index contributed by atoms with van der Waals surface area (Å²) in [5.74, 6) is 1.30. The number of likely N-dealkylation sites (tertiary alicyclic amines) is 1. The number of benzene rings is 2. The highest BCUT2D eigenvalue weighted by Crippen LogP contribution is 2.42. The Morgan fingerprint density at radius 1 is 1.20 bits per heavy atom. The zero-order chi connectivity index (χ0) is 21.4. The van der Waals surface area contributed by atoms with Gasteiger partial charge in [-0.1, -0.05) is 23.7 Å². The first-order valence-electron chi connectivity index (χ1n) is 10.0. The number of methoxy groups -OCH3 is 2. The lowest BCUT2D eigenvalue weighted by molar-refractivity contribution is -0.138. The van der Waals surface area contributed by atoms with Gasteiger partial charge in [-0.15, -0.1) is 0 Å². The topological polar surface area (TPSA) is 59.1 Å². The summed E-state index contributed by atoms with van der Waals surface area (Å²) in [5.41, 5.74) is 2.65. The maximum atomic E-state index is 13.1. The minimum atomic E-state index is -0.409. The molecule has 2 aromatic carbocycles. The first kappa shape index (κ1) is 20.5. The van der Waals surface area contributed by atoms with Gasteiger partial charge in [0.2, 0.25) is 11.8 Å². The van der Waals surface area contributed by atoms with Gasteiger partial charge in [0.15, 0.2) is 0 Å². The fourth-order valence-corrected chi connectivity index (χ4v) is 4.54. The molecule has 7 heteroatoms. The predicted molar refractivity (Wildman–Crippen MR) is 115 cm³/mol. The summed E-state index contributed by atoms with van der Waals surface area (Å²) in [7, 11) is 3.19. The van der Waals surface area contributed by atoms with Gasteiger partial charge in [0, 0.05) is 24.1 Å². The van der Waals surface area contributed by atoms with E-state index < -0.39 is 6.04 Å². The van der Waals surface area contributed by atoms with Crippen LogP contribution >= 0.6 is 11.6 Å². The Kier molecular flexibility index (Phi) is 5.60. The maximum Gasteiger partial charge on any atom is 0.250 e. The lowest BCUT2D eigenvalue weighted by Crippen LogP contribution is -2.52. The van der Waals surface area contributed by atoms with Crippen LogP contribution in [0.5, 0.6) is 11.5 Å². The molecule has 0 saturated carbocycles. The van der Waals surface area contributed by atoms with Crippen molar-refractivity contribution in [2.24, 2.45) is 0 Å². The van der Waals surface area contributed by atoms with Gasteiger partial charge in [-0.2, -0.15) is 0 Å². The van der Waals surface area contributed by atoms with E-state index in [-0.39, 0.29) is 17.9 Å². The maximum absolute atomic E-state index is 13.1. The molecule has 2 atom stereocenters. The van der Waals surface area contributed by atoms with E-state index in [1.54, 1.807) is 30.1 Å². The fourth-order valence-electron chi connectivity index (χ4n) is 4.39. The number of nitrogens with zero attached hydrogens (tertiary/aromatic N) is 2. The summed E-state index contributed by atoms with van der Waals surface area (Å²) in [4.78, 5) is 29.5. The number of hydrogen-bond donors (Lipinski definition) is 0. The molecule has 2 aliphatic heterocycles. The van der Waals surface area contributed by atoms with Gasteiger partial charge in [-0.25, -0.2) is 0 Å². The molecule has 30 heavy (non-hydrogen) atoms. The quantitative estimate of drug-likeness (QED) is 0.705. The van der Waals surface area contributed by atoms with Crippen molar-refractivity contribution in [1.29, 1.82) is 0 Å². The van der Waals surface area contributed by atoms with E-state index in [0.29, 0.717) is 36.6 Å². The van der Waals surface area contributed by atoms with Crippen molar-refractivity contribution in [3.05, 3.63) is 52.5 Å². The van der Waals surface area contributed by atoms with Crippen molar-refractivity contribution in [1.82, 2.24) is 4.90 Å². The van der Waals surface area contributed by atoms with Crippen molar-refractivity contribution in [2.45, 2.75) is 38.3 Å². The third kappa shape index (κ3) is 3.60. The molecule has 4 rings (SSSR count). The van der Waals surface area contributed by atoms with E-state index >= 15 is 0 Å². The number of ether oxygens (including phenoxy) is 2. The first-order valence-corrected chi connectivity index (χ1v) is 10.4. The molecule has 0 unspecified atom stereocenters. The molecule has 2 amide bonds. The molecule has 2 saturated heterocycles. The van der Waals surface area contributed by atoms with E-state index in [9.17, 15) is 9.59 Å². The van der Waals surface area contributed by atoms with Gasteiger partial charge in [-0.05, 0) is 49.1 Å². The van der Waals surface area contributed by atoms with E-state index in [4.69, 9.17) is 21.1 Å². The summed E-state index contributed by atoms with van der Waals surface area (Å²) in [6.07, 6.45) is 1.63. The largest absolute Gasteiger partial charge is 0.497 e. The number of anilines is 1. The highest BCUT2D eigenvalue weighted by atomic mass is 35.5. The summed E-state index contributed by atoms with van der Waals surface area (Å²) < 4.78 is 10.7. The molecule has 0 N–H and O–H groups in total. The minimum Gasteiger partial charge on any atom is -0.497 e. The summed E-state index contributed by atoms with van der Waals surface area (Å²) >= 11 is 6.21. The second-order valence-corrected chi connectivity index (χ2v) is 8.19. The minimum absolute atomic E-state index is 0.0116. The molecule has 0 radical (unpaired) electrons. The Balaban J connectivity index is 1.46.